The van der Waals surface area contributed by atoms with Crippen LogP contribution in [0.3, 0.4) is 0 Å². The van der Waals surface area contributed by atoms with Gasteiger partial charge in [-0.2, -0.15) is 0 Å². The maximum Gasteiger partial charge on any atom is 0.136 e. The lowest BCUT2D eigenvalue weighted by Crippen LogP contribution is -1.95. The summed E-state index contributed by atoms with van der Waals surface area (Å²) in [5, 5.41) is 11.6. The van der Waals surface area contributed by atoms with E-state index in [0.29, 0.717) is 22.9 Å². The fourth-order valence-corrected chi connectivity index (χ4v) is 2.57. The minimum Gasteiger partial charge on any atom is -0.496 e. The third kappa shape index (κ3) is 2.64. The molecule has 1 aromatic heterocycles. The minimum atomic E-state index is -0.0860. The Kier molecular flexibility index (Phi) is 4.24. The number of benzene rings is 1. The lowest BCUT2D eigenvalue weighted by atomic mass is 10.1. The number of thiazole rings is 1. The third-order valence-electron chi connectivity index (χ3n) is 2.64. The van der Waals surface area contributed by atoms with Gasteiger partial charge in [0.05, 0.1) is 39.2 Å². The van der Waals surface area contributed by atoms with Crippen LogP contribution in [0.4, 0.5) is 0 Å². The quantitative estimate of drug-likeness (QED) is 0.911. The van der Waals surface area contributed by atoms with Gasteiger partial charge in [0.1, 0.15) is 22.3 Å². The Morgan fingerprint density at radius 3 is 2.16 bits per heavy atom. The molecule has 0 saturated carbocycles. The third-order valence-corrected chi connectivity index (χ3v) is 3.55. The molecule has 102 valence electrons. The van der Waals surface area contributed by atoms with Gasteiger partial charge in [-0.15, -0.1) is 11.3 Å². The number of rotatable bonds is 5. The summed E-state index contributed by atoms with van der Waals surface area (Å²) < 4.78 is 15.9. The average Bonchev–Trinajstić information content (AvgIpc) is 2.94. The number of hydrogen-bond donors (Lipinski definition) is 1. The first-order chi connectivity index (χ1) is 9.23. The first kappa shape index (κ1) is 13.6. The maximum absolute atomic E-state index is 9.09. The summed E-state index contributed by atoms with van der Waals surface area (Å²) in [6, 6.07) is 3.55. The van der Waals surface area contributed by atoms with Gasteiger partial charge in [-0.05, 0) is 0 Å². The monoisotopic (exact) mass is 281 g/mol. The van der Waals surface area contributed by atoms with E-state index in [-0.39, 0.29) is 6.61 Å². The zero-order valence-corrected chi connectivity index (χ0v) is 11.8. The van der Waals surface area contributed by atoms with Gasteiger partial charge in [-0.25, -0.2) is 4.98 Å². The molecule has 1 heterocycles. The highest BCUT2D eigenvalue weighted by molar-refractivity contribution is 7.13. The average molecular weight is 281 g/mol. The van der Waals surface area contributed by atoms with Gasteiger partial charge in [0, 0.05) is 17.5 Å². The van der Waals surface area contributed by atoms with E-state index in [1.165, 1.54) is 11.3 Å². The van der Waals surface area contributed by atoms with E-state index in [1.54, 1.807) is 38.8 Å². The molecule has 0 fully saturated rings. The molecule has 0 amide bonds. The summed E-state index contributed by atoms with van der Waals surface area (Å²) in [6.07, 6.45) is 0. The molecule has 0 saturated heterocycles. The SMILES string of the molecule is COc1cc(OC)c(-c2nc(CO)cs2)c(OC)c1. The van der Waals surface area contributed by atoms with Gasteiger partial charge in [0.25, 0.3) is 0 Å². The van der Waals surface area contributed by atoms with Crippen LogP contribution < -0.4 is 14.2 Å². The lowest BCUT2D eigenvalue weighted by molar-refractivity contribution is 0.277. The molecule has 6 heteroatoms. The van der Waals surface area contributed by atoms with E-state index in [2.05, 4.69) is 4.98 Å². The topological polar surface area (TPSA) is 60.8 Å². The predicted molar refractivity (Wildman–Crippen MR) is 73.1 cm³/mol. The predicted octanol–water partition coefficient (Wildman–Crippen LogP) is 2.33. The van der Waals surface area contributed by atoms with Crippen molar-refractivity contribution in [2.24, 2.45) is 0 Å². The summed E-state index contributed by atoms with van der Waals surface area (Å²) in [5.41, 5.74) is 1.38. The Bertz CT molecular complexity index is 543. The first-order valence-corrected chi connectivity index (χ1v) is 6.47. The fourth-order valence-electron chi connectivity index (χ4n) is 1.71. The molecule has 1 N–H and O–H groups in total. The smallest absolute Gasteiger partial charge is 0.136 e. The summed E-state index contributed by atoms with van der Waals surface area (Å²) in [7, 11) is 4.75. The standard InChI is InChI=1S/C13H15NO4S/c1-16-9-4-10(17-2)12(11(5-9)18-3)13-14-8(6-15)7-19-13/h4-5,7,15H,6H2,1-3H3. The normalized spacial score (nSPS) is 10.3. The number of aromatic nitrogens is 1. The Balaban J connectivity index is 2.59. The molecule has 0 unspecified atom stereocenters. The van der Waals surface area contributed by atoms with E-state index in [9.17, 15) is 0 Å². The van der Waals surface area contributed by atoms with Gasteiger partial charge >= 0.3 is 0 Å². The lowest BCUT2D eigenvalue weighted by Gasteiger charge is -2.13. The summed E-state index contributed by atoms with van der Waals surface area (Å²) in [6.45, 7) is -0.0860. The largest absolute Gasteiger partial charge is 0.496 e. The number of hydrogen-bond acceptors (Lipinski definition) is 6. The highest BCUT2D eigenvalue weighted by Crippen LogP contribution is 2.42. The molecule has 0 atom stereocenters. The van der Waals surface area contributed by atoms with Gasteiger partial charge in [-0.1, -0.05) is 0 Å². The molecule has 2 rings (SSSR count). The molecule has 5 nitrogen and oxygen atoms in total. The van der Waals surface area contributed by atoms with Crippen LogP contribution >= 0.6 is 11.3 Å². The first-order valence-electron chi connectivity index (χ1n) is 5.59. The molecular weight excluding hydrogens is 266 g/mol. The molecule has 0 spiro atoms. The Morgan fingerprint density at radius 2 is 1.74 bits per heavy atom. The molecule has 19 heavy (non-hydrogen) atoms. The molecule has 2 aromatic rings. The summed E-state index contributed by atoms with van der Waals surface area (Å²) >= 11 is 1.43. The van der Waals surface area contributed by atoms with Gasteiger partial charge in [0.2, 0.25) is 0 Å². The Morgan fingerprint density at radius 1 is 1.11 bits per heavy atom. The van der Waals surface area contributed by atoms with Crippen LogP contribution in [0.5, 0.6) is 17.2 Å². The number of ether oxygens (including phenoxy) is 3. The van der Waals surface area contributed by atoms with Crippen molar-refractivity contribution in [2.45, 2.75) is 6.61 Å². The second-order valence-corrected chi connectivity index (χ2v) is 4.57. The molecule has 0 aliphatic rings. The summed E-state index contributed by atoms with van der Waals surface area (Å²) in [4.78, 5) is 4.34. The van der Waals surface area contributed by atoms with E-state index >= 15 is 0 Å². The molecule has 0 radical (unpaired) electrons. The van der Waals surface area contributed by atoms with Gasteiger partial charge in [0.15, 0.2) is 0 Å². The molecule has 1 aromatic carbocycles. The van der Waals surface area contributed by atoms with Crippen molar-refractivity contribution in [3.63, 3.8) is 0 Å². The fraction of sp³-hybridized carbons (Fsp3) is 0.308. The van der Waals surface area contributed by atoms with Crippen LogP contribution in [0.1, 0.15) is 5.69 Å². The number of nitrogens with zero attached hydrogens (tertiary/aromatic N) is 1. The van der Waals surface area contributed by atoms with Crippen molar-refractivity contribution in [3.8, 4) is 27.8 Å². The van der Waals surface area contributed by atoms with Crippen LogP contribution in [0, 0.1) is 0 Å². The highest BCUT2D eigenvalue weighted by atomic mass is 32.1. The van der Waals surface area contributed by atoms with Crippen LogP contribution in [-0.4, -0.2) is 31.4 Å². The number of aliphatic hydroxyl groups is 1. The number of aliphatic hydroxyl groups excluding tert-OH is 1. The minimum absolute atomic E-state index is 0.0860. The zero-order chi connectivity index (χ0) is 13.8. The van der Waals surface area contributed by atoms with E-state index < -0.39 is 0 Å². The van der Waals surface area contributed by atoms with Crippen molar-refractivity contribution in [1.29, 1.82) is 0 Å². The van der Waals surface area contributed by atoms with Gasteiger partial charge in [-0.3, -0.25) is 0 Å². The van der Waals surface area contributed by atoms with Crippen molar-refractivity contribution in [2.75, 3.05) is 21.3 Å². The maximum atomic E-state index is 9.09. The molecule has 0 aliphatic carbocycles. The van der Waals surface area contributed by atoms with Crippen LogP contribution in [-0.2, 0) is 6.61 Å². The second-order valence-electron chi connectivity index (χ2n) is 3.71. The van der Waals surface area contributed by atoms with Crippen LogP contribution in [0.2, 0.25) is 0 Å². The second kappa shape index (κ2) is 5.90. The highest BCUT2D eigenvalue weighted by Gasteiger charge is 2.18. The Labute approximate surface area is 115 Å². The van der Waals surface area contributed by atoms with Gasteiger partial charge < -0.3 is 19.3 Å². The molecular formula is C13H15NO4S. The van der Waals surface area contributed by atoms with Crippen molar-refractivity contribution in [3.05, 3.63) is 23.2 Å². The van der Waals surface area contributed by atoms with Crippen LogP contribution in [0.15, 0.2) is 17.5 Å². The van der Waals surface area contributed by atoms with E-state index in [4.69, 9.17) is 19.3 Å². The van der Waals surface area contributed by atoms with Crippen molar-refractivity contribution >= 4 is 11.3 Å². The van der Waals surface area contributed by atoms with Crippen molar-refractivity contribution in [1.82, 2.24) is 4.98 Å². The van der Waals surface area contributed by atoms with Crippen LogP contribution in [0.25, 0.3) is 10.6 Å². The number of methoxy groups -OCH3 is 3. The van der Waals surface area contributed by atoms with Crippen molar-refractivity contribution < 1.29 is 19.3 Å². The Hall–Kier alpha value is -1.79. The van der Waals surface area contributed by atoms with E-state index in [1.807, 2.05) is 0 Å². The molecule has 0 bridgehead atoms. The zero-order valence-electron chi connectivity index (χ0n) is 11.0. The van der Waals surface area contributed by atoms with E-state index in [0.717, 1.165) is 10.6 Å². The molecule has 0 aliphatic heterocycles. The summed E-state index contributed by atoms with van der Waals surface area (Å²) in [5.74, 6) is 1.89.